The Labute approximate surface area is 225 Å². The van der Waals surface area contributed by atoms with E-state index in [0.29, 0.717) is 49.2 Å². The van der Waals surface area contributed by atoms with Gasteiger partial charge in [0.2, 0.25) is 5.91 Å². The predicted octanol–water partition coefficient (Wildman–Crippen LogP) is 5.66. The van der Waals surface area contributed by atoms with Gasteiger partial charge in [-0.3, -0.25) is 9.59 Å². The number of amides is 2. The fraction of sp³-hybridized carbons (Fsp3) is 0.533. The molecule has 0 aromatic heterocycles. The Hall–Kier alpha value is -2.73. The first-order valence-electron chi connectivity index (χ1n) is 13.5. The van der Waals surface area contributed by atoms with E-state index in [4.69, 9.17) is 21.1 Å². The third-order valence-corrected chi connectivity index (χ3v) is 7.80. The molecule has 1 atom stereocenters. The summed E-state index contributed by atoms with van der Waals surface area (Å²) in [5.41, 5.74) is 0.769. The summed E-state index contributed by atoms with van der Waals surface area (Å²) in [4.78, 5) is 28.4. The molecule has 2 aromatic carbocycles. The van der Waals surface area contributed by atoms with Gasteiger partial charge in [0.05, 0.1) is 11.5 Å². The average Bonchev–Trinajstić information content (AvgIpc) is 2.88. The third-order valence-electron chi connectivity index (χ3n) is 7.57. The molecule has 200 valence electrons. The standard InChI is InChI=1S/C30H39ClN2O4/c1-22(2)18-25-20-37-27-12-4-3-8-23(27)9-5-6-13-30(29(35)32-25)14-16-33(17-15-30)28(34)21-36-26-11-7-10-24(31)19-26/h3-4,7-8,10-12,19,22,25H,5-6,9,13-18,20-21H2,1-2H3,(H,32,35)/t25-/m0/s1. The van der Waals surface area contributed by atoms with Gasteiger partial charge in [-0.05, 0) is 74.3 Å². The lowest BCUT2D eigenvalue weighted by atomic mass is 9.73. The molecular weight excluding hydrogens is 488 g/mol. The molecule has 0 unspecified atom stereocenters. The Kier molecular flexibility index (Phi) is 9.36. The number of benzene rings is 2. The van der Waals surface area contributed by atoms with Crippen LogP contribution >= 0.6 is 11.6 Å². The van der Waals surface area contributed by atoms with Crippen LogP contribution in [0.3, 0.4) is 0 Å². The normalized spacial score (nSPS) is 20.3. The fourth-order valence-corrected chi connectivity index (χ4v) is 5.64. The highest BCUT2D eigenvalue weighted by molar-refractivity contribution is 6.30. The number of aryl methyl sites for hydroxylation is 1. The van der Waals surface area contributed by atoms with Crippen LogP contribution in [0, 0.1) is 11.3 Å². The van der Waals surface area contributed by atoms with Crippen molar-refractivity contribution in [3.05, 3.63) is 59.1 Å². The molecule has 0 bridgehead atoms. The fourth-order valence-electron chi connectivity index (χ4n) is 5.46. The molecular formula is C30H39ClN2O4. The van der Waals surface area contributed by atoms with Gasteiger partial charge in [0, 0.05) is 18.1 Å². The summed E-state index contributed by atoms with van der Waals surface area (Å²) in [7, 11) is 0. The molecule has 1 N–H and O–H groups in total. The van der Waals surface area contributed by atoms with Gasteiger partial charge in [-0.15, -0.1) is 0 Å². The van der Waals surface area contributed by atoms with Crippen molar-refractivity contribution in [1.29, 1.82) is 0 Å². The summed E-state index contributed by atoms with van der Waals surface area (Å²) in [5.74, 6) is 1.98. The third kappa shape index (κ3) is 7.41. The number of ether oxygens (including phenoxy) is 2. The van der Waals surface area contributed by atoms with Crippen LogP contribution in [0.4, 0.5) is 0 Å². The van der Waals surface area contributed by atoms with Crippen molar-refractivity contribution >= 4 is 23.4 Å². The molecule has 1 spiro atoms. The number of piperidine rings is 1. The van der Waals surface area contributed by atoms with E-state index in [1.165, 1.54) is 5.56 Å². The average molecular weight is 527 g/mol. The predicted molar refractivity (Wildman–Crippen MR) is 146 cm³/mol. The molecule has 1 saturated heterocycles. The van der Waals surface area contributed by atoms with Crippen molar-refractivity contribution in [1.82, 2.24) is 10.2 Å². The van der Waals surface area contributed by atoms with Crippen molar-refractivity contribution < 1.29 is 19.1 Å². The van der Waals surface area contributed by atoms with Crippen LogP contribution in [-0.4, -0.2) is 49.1 Å². The van der Waals surface area contributed by atoms with E-state index in [-0.39, 0.29) is 24.5 Å². The zero-order valence-electron chi connectivity index (χ0n) is 22.0. The highest BCUT2D eigenvalue weighted by Crippen LogP contribution is 2.38. The van der Waals surface area contributed by atoms with Crippen molar-refractivity contribution in [2.75, 3.05) is 26.3 Å². The molecule has 37 heavy (non-hydrogen) atoms. The van der Waals surface area contributed by atoms with E-state index in [9.17, 15) is 9.59 Å². The van der Waals surface area contributed by atoms with E-state index in [0.717, 1.165) is 37.9 Å². The van der Waals surface area contributed by atoms with Crippen LogP contribution in [0.1, 0.15) is 57.9 Å². The number of nitrogens with zero attached hydrogens (tertiary/aromatic N) is 1. The Morgan fingerprint density at radius 2 is 1.92 bits per heavy atom. The van der Waals surface area contributed by atoms with E-state index in [1.807, 2.05) is 17.0 Å². The SMILES string of the molecule is CC(C)C[C@H]1COc2ccccc2CCCCC2(CCN(C(=O)COc3cccc(Cl)c3)CC2)C(=O)N1. The zero-order chi connectivity index (χ0) is 26.3. The summed E-state index contributed by atoms with van der Waals surface area (Å²) >= 11 is 6.01. The minimum Gasteiger partial charge on any atom is -0.491 e. The number of carbonyl (C=O) groups excluding carboxylic acids is 2. The van der Waals surface area contributed by atoms with Crippen molar-refractivity contribution in [3.63, 3.8) is 0 Å². The molecule has 2 aromatic rings. The van der Waals surface area contributed by atoms with Crippen molar-refractivity contribution in [2.24, 2.45) is 11.3 Å². The number of rotatable bonds is 5. The van der Waals surface area contributed by atoms with Crippen LogP contribution < -0.4 is 14.8 Å². The van der Waals surface area contributed by atoms with Gasteiger partial charge in [0.25, 0.3) is 5.91 Å². The number of para-hydroxylation sites is 1. The monoisotopic (exact) mass is 526 g/mol. The van der Waals surface area contributed by atoms with Gasteiger partial charge >= 0.3 is 0 Å². The van der Waals surface area contributed by atoms with Gasteiger partial charge in [0.15, 0.2) is 6.61 Å². The molecule has 2 heterocycles. The summed E-state index contributed by atoms with van der Waals surface area (Å²) in [5, 5.41) is 3.92. The lowest BCUT2D eigenvalue weighted by molar-refractivity contribution is -0.142. The number of hydrogen-bond donors (Lipinski definition) is 1. The lowest BCUT2D eigenvalue weighted by Gasteiger charge is -2.41. The first-order valence-corrected chi connectivity index (χ1v) is 13.9. The molecule has 0 aliphatic carbocycles. The molecule has 0 radical (unpaired) electrons. The second kappa shape index (κ2) is 12.7. The first-order chi connectivity index (χ1) is 17.8. The summed E-state index contributed by atoms with van der Waals surface area (Å²) in [6.45, 7) is 5.87. The van der Waals surface area contributed by atoms with E-state index in [1.54, 1.807) is 24.3 Å². The molecule has 2 aliphatic rings. The Bertz CT molecular complexity index is 1070. The second-order valence-corrected chi connectivity index (χ2v) is 11.3. The van der Waals surface area contributed by atoms with Crippen LogP contribution in [0.2, 0.25) is 5.02 Å². The van der Waals surface area contributed by atoms with Gasteiger partial charge in [-0.1, -0.05) is 56.1 Å². The van der Waals surface area contributed by atoms with E-state index in [2.05, 4.69) is 31.3 Å². The van der Waals surface area contributed by atoms with Gasteiger partial charge in [-0.25, -0.2) is 0 Å². The largest absolute Gasteiger partial charge is 0.491 e. The Morgan fingerprint density at radius 3 is 2.68 bits per heavy atom. The zero-order valence-corrected chi connectivity index (χ0v) is 22.8. The quantitative estimate of drug-likeness (QED) is 0.545. The van der Waals surface area contributed by atoms with E-state index < -0.39 is 5.41 Å². The summed E-state index contributed by atoms with van der Waals surface area (Å²) < 4.78 is 11.9. The van der Waals surface area contributed by atoms with Gasteiger partial charge in [0.1, 0.15) is 18.1 Å². The topological polar surface area (TPSA) is 67.9 Å². The highest BCUT2D eigenvalue weighted by atomic mass is 35.5. The molecule has 1 fully saturated rings. The molecule has 0 saturated carbocycles. The second-order valence-electron chi connectivity index (χ2n) is 10.8. The van der Waals surface area contributed by atoms with Crippen molar-refractivity contribution in [2.45, 2.75) is 64.8 Å². The number of hydrogen-bond acceptors (Lipinski definition) is 4. The highest BCUT2D eigenvalue weighted by Gasteiger charge is 2.42. The maximum absolute atomic E-state index is 13.8. The maximum Gasteiger partial charge on any atom is 0.260 e. The summed E-state index contributed by atoms with van der Waals surface area (Å²) in [6.07, 6.45) is 5.91. The van der Waals surface area contributed by atoms with Crippen molar-refractivity contribution in [3.8, 4) is 11.5 Å². The molecule has 4 rings (SSSR count). The number of likely N-dealkylation sites (tertiary alicyclic amines) is 1. The number of nitrogens with one attached hydrogen (secondary N) is 1. The molecule has 6 nitrogen and oxygen atoms in total. The van der Waals surface area contributed by atoms with Crippen LogP contribution in [0.5, 0.6) is 11.5 Å². The lowest BCUT2D eigenvalue weighted by Crippen LogP contribution is -2.53. The minimum absolute atomic E-state index is 0.0350. The number of halogens is 1. The number of fused-ring (bicyclic) bond motifs is 1. The molecule has 2 aliphatic heterocycles. The number of carbonyl (C=O) groups is 2. The summed E-state index contributed by atoms with van der Waals surface area (Å²) in [6, 6.07) is 15.2. The van der Waals surface area contributed by atoms with Crippen LogP contribution in [-0.2, 0) is 16.0 Å². The first kappa shape index (κ1) is 27.3. The van der Waals surface area contributed by atoms with E-state index >= 15 is 0 Å². The Balaban J connectivity index is 1.41. The van der Waals surface area contributed by atoms with Gasteiger partial charge in [-0.2, -0.15) is 0 Å². The van der Waals surface area contributed by atoms with Crippen LogP contribution in [0.15, 0.2) is 48.5 Å². The minimum atomic E-state index is -0.460. The van der Waals surface area contributed by atoms with Gasteiger partial charge < -0.3 is 19.7 Å². The smallest absolute Gasteiger partial charge is 0.260 e. The maximum atomic E-state index is 13.8. The molecule has 7 heteroatoms. The van der Waals surface area contributed by atoms with Crippen LogP contribution in [0.25, 0.3) is 0 Å². The molecule has 2 amide bonds. The Morgan fingerprint density at radius 1 is 1.14 bits per heavy atom.